The number of nitrogens with one attached hydrogen (secondary N) is 2. The fourth-order valence-corrected chi connectivity index (χ4v) is 5.28. The van der Waals surface area contributed by atoms with Gasteiger partial charge in [-0.15, -0.1) is 0 Å². The molecule has 36 heavy (non-hydrogen) atoms. The third kappa shape index (κ3) is 4.31. The van der Waals surface area contributed by atoms with E-state index in [9.17, 15) is 9.18 Å². The molecule has 0 spiro atoms. The lowest BCUT2D eigenvalue weighted by atomic mass is 10.0. The minimum atomic E-state index is -0.666. The number of ether oxygens (including phenoxy) is 1. The van der Waals surface area contributed by atoms with Crippen molar-refractivity contribution in [2.75, 3.05) is 19.3 Å². The number of hydrogen-bond acceptors (Lipinski definition) is 4. The normalized spacial score (nSPS) is 14.0. The highest BCUT2D eigenvalue weighted by Gasteiger charge is 2.24. The summed E-state index contributed by atoms with van der Waals surface area (Å²) in [7, 11) is 1.64. The number of H-pyrrole nitrogens is 1. The predicted octanol–water partition coefficient (Wildman–Crippen LogP) is 6.10. The Hall–Kier alpha value is -3.49. The number of halogens is 3. The molecule has 1 aliphatic heterocycles. The Balaban J connectivity index is 1.45. The molecule has 0 saturated carbocycles. The van der Waals surface area contributed by atoms with Gasteiger partial charge in [-0.3, -0.25) is 0 Å². The molecule has 2 aromatic heterocycles. The smallest absolute Gasteiger partial charge is 0.317 e. The highest BCUT2D eigenvalue weighted by molar-refractivity contribution is 6.36. The second-order valence-corrected chi connectivity index (χ2v) is 9.48. The summed E-state index contributed by atoms with van der Waals surface area (Å²) in [5.41, 5.74) is 11.4. The number of pyridine rings is 1. The number of benzene rings is 2. The minimum absolute atomic E-state index is 0.0813. The van der Waals surface area contributed by atoms with Crippen LogP contribution in [0.5, 0.6) is 5.75 Å². The average molecular weight is 528 g/mol. The number of nitrogens with two attached hydrogens (primary N) is 1. The van der Waals surface area contributed by atoms with Crippen molar-refractivity contribution < 1.29 is 13.9 Å². The van der Waals surface area contributed by atoms with Crippen LogP contribution in [0.1, 0.15) is 29.8 Å². The van der Waals surface area contributed by atoms with E-state index >= 15 is 0 Å². The third-order valence-electron chi connectivity index (χ3n) is 6.48. The first-order valence-corrected chi connectivity index (χ1v) is 12.2. The fourth-order valence-electron chi connectivity index (χ4n) is 4.61. The number of aromatic amines is 1. The number of amides is 2. The van der Waals surface area contributed by atoms with Gasteiger partial charge in [0.1, 0.15) is 11.9 Å². The van der Waals surface area contributed by atoms with Gasteiger partial charge in [-0.25, -0.2) is 14.2 Å². The van der Waals surface area contributed by atoms with Crippen molar-refractivity contribution in [1.29, 1.82) is 0 Å². The van der Waals surface area contributed by atoms with E-state index in [0.29, 0.717) is 29.4 Å². The van der Waals surface area contributed by atoms with E-state index in [1.807, 2.05) is 18.2 Å². The molecular weight excluding hydrogens is 504 g/mol. The zero-order valence-corrected chi connectivity index (χ0v) is 21.2. The van der Waals surface area contributed by atoms with Gasteiger partial charge in [0, 0.05) is 71.1 Å². The number of urea groups is 1. The summed E-state index contributed by atoms with van der Waals surface area (Å²) in [6.07, 6.45) is 1.77. The van der Waals surface area contributed by atoms with Gasteiger partial charge in [0.15, 0.2) is 11.6 Å². The number of anilines is 1. The molecule has 0 radical (unpaired) electrons. The van der Waals surface area contributed by atoms with Crippen LogP contribution >= 0.6 is 23.2 Å². The van der Waals surface area contributed by atoms with Crippen LogP contribution in [-0.2, 0) is 13.0 Å². The Kier molecular flexibility index (Phi) is 6.40. The van der Waals surface area contributed by atoms with Crippen molar-refractivity contribution in [3.8, 4) is 16.9 Å². The molecule has 0 aliphatic carbocycles. The lowest BCUT2D eigenvalue weighted by molar-refractivity contribution is 0.195. The Morgan fingerprint density at radius 2 is 2.06 bits per heavy atom. The maximum atomic E-state index is 14.0. The second kappa shape index (κ2) is 9.52. The number of rotatable bonds is 4. The van der Waals surface area contributed by atoms with E-state index in [1.54, 1.807) is 31.1 Å². The first kappa shape index (κ1) is 24.2. The summed E-state index contributed by atoms with van der Waals surface area (Å²) in [5.74, 6) is -0.0461. The minimum Gasteiger partial charge on any atom is -0.482 e. The van der Waals surface area contributed by atoms with Crippen molar-refractivity contribution >= 4 is 46.0 Å². The van der Waals surface area contributed by atoms with Gasteiger partial charge in [-0.05, 0) is 36.8 Å². The van der Waals surface area contributed by atoms with Crippen LogP contribution in [0, 0.1) is 5.82 Å². The molecule has 4 N–H and O–H groups in total. The van der Waals surface area contributed by atoms with Gasteiger partial charge < -0.3 is 25.7 Å². The van der Waals surface area contributed by atoms with E-state index < -0.39 is 11.9 Å². The molecule has 0 unspecified atom stereocenters. The predicted molar refractivity (Wildman–Crippen MR) is 140 cm³/mol. The first-order valence-electron chi connectivity index (χ1n) is 11.4. The number of fused-ring (bicyclic) bond motifs is 3. The largest absolute Gasteiger partial charge is 0.482 e. The lowest BCUT2D eigenvalue weighted by Crippen LogP contribution is -2.41. The second-order valence-electron chi connectivity index (χ2n) is 8.69. The van der Waals surface area contributed by atoms with E-state index in [1.165, 1.54) is 12.1 Å². The Bertz CT molecular complexity index is 1490. The molecule has 0 bridgehead atoms. The number of nitrogens with zero attached hydrogens (tertiary/aromatic N) is 2. The molecular formula is C26H24Cl2FN5O2. The van der Waals surface area contributed by atoms with Crippen molar-refractivity contribution in [2.45, 2.75) is 26.0 Å². The average Bonchev–Trinajstić information content (AvgIpc) is 3.24. The molecule has 3 heterocycles. The topological polar surface area (TPSA) is 96.3 Å². The van der Waals surface area contributed by atoms with Crippen molar-refractivity contribution in [3.05, 3.63) is 75.3 Å². The summed E-state index contributed by atoms with van der Waals surface area (Å²) in [6, 6.07) is 10.4. The van der Waals surface area contributed by atoms with Crippen molar-refractivity contribution in [3.63, 3.8) is 0 Å². The SMILES string of the molecule is CNC(=O)N1CCc2[nH]c3cc(-c4cnc(N)c(O[C@H](C)c5c(Cl)ccc(F)c5Cl)c4)ccc3c2C1. The van der Waals surface area contributed by atoms with Crippen LogP contribution in [0.25, 0.3) is 22.0 Å². The van der Waals surface area contributed by atoms with Gasteiger partial charge in [-0.2, -0.15) is 0 Å². The molecule has 1 atom stereocenters. The number of carbonyl (C=O) groups is 1. The van der Waals surface area contributed by atoms with Crippen LogP contribution < -0.4 is 15.8 Å². The van der Waals surface area contributed by atoms with E-state index in [2.05, 4.69) is 15.3 Å². The van der Waals surface area contributed by atoms with Gasteiger partial charge in [-0.1, -0.05) is 35.3 Å². The molecule has 2 amide bonds. The van der Waals surface area contributed by atoms with Crippen LogP contribution in [0.3, 0.4) is 0 Å². The summed E-state index contributed by atoms with van der Waals surface area (Å²) >= 11 is 12.4. The van der Waals surface area contributed by atoms with Crippen molar-refractivity contribution in [2.24, 2.45) is 0 Å². The molecule has 10 heteroatoms. The molecule has 0 fully saturated rings. The van der Waals surface area contributed by atoms with Gasteiger partial charge in [0.05, 0.1) is 5.02 Å². The molecule has 0 saturated heterocycles. The van der Waals surface area contributed by atoms with Crippen LogP contribution in [0.4, 0.5) is 15.0 Å². The monoisotopic (exact) mass is 527 g/mol. The third-order valence-corrected chi connectivity index (χ3v) is 7.19. The van der Waals surface area contributed by atoms with E-state index in [4.69, 9.17) is 33.7 Å². The zero-order valence-electron chi connectivity index (χ0n) is 19.7. The Morgan fingerprint density at radius 1 is 1.25 bits per heavy atom. The first-order chi connectivity index (χ1) is 17.3. The highest BCUT2D eigenvalue weighted by Crippen LogP contribution is 2.38. The van der Waals surface area contributed by atoms with Gasteiger partial charge in [0.25, 0.3) is 0 Å². The number of nitrogen functional groups attached to an aromatic ring is 1. The molecule has 186 valence electrons. The van der Waals surface area contributed by atoms with Crippen LogP contribution in [0.15, 0.2) is 42.6 Å². The summed E-state index contributed by atoms with van der Waals surface area (Å²) in [5, 5.41) is 3.98. The van der Waals surface area contributed by atoms with E-state index in [-0.39, 0.29) is 16.9 Å². The Labute approximate surface area is 217 Å². The quantitative estimate of drug-likeness (QED) is 0.279. The maximum absolute atomic E-state index is 14.0. The number of hydrogen-bond donors (Lipinski definition) is 3. The molecule has 1 aliphatic rings. The number of carbonyl (C=O) groups excluding carboxylic acids is 1. The summed E-state index contributed by atoms with van der Waals surface area (Å²) in [4.78, 5) is 21.7. The molecule has 5 rings (SSSR count). The van der Waals surface area contributed by atoms with E-state index in [0.717, 1.165) is 39.7 Å². The van der Waals surface area contributed by atoms with Crippen LogP contribution in [0.2, 0.25) is 10.0 Å². The standard InChI is InChI=1S/C26H24Cl2FN5O2/c1-13(23-18(27)5-6-19(29)24(23)28)36-22-10-15(11-32-25(22)30)14-3-4-16-17-12-34(26(35)31-2)8-7-20(17)33-21(16)9-14/h3-6,9-11,13,33H,7-8,12H2,1-2H3,(H2,30,32)(H,31,35)/t13-/m1/s1. The zero-order chi connectivity index (χ0) is 25.6. The summed E-state index contributed by atoms with van der Waals surface area (Å²) in [6.45, 7) is 2.93. The maximum Gasteiger partial charge on any atom is 0.317 e. The van der Waals surface area contributed by atoms with Gasteiger partial charge in [0.2, 0.25) is 0 Å². The summed E-state index contributed by atoms with van der Waals surface area (Å²) < 4.78 is 20.0. The van der Waals surface area contributed by atoms with Crippen LogP contribution in [-0.4, -0.2) is 34.5 Å². The molecule has 7 nitrogen and oxygen atoms in total. The lowest BCUT2D eigenvalue weighted by Gasteiger charge is -2.26. The fraction of sp³-hybridized carbons (Fsp3) is 0.231. The molecule has 4 aromatic rings. The highest BCUT2D eigenvalue weighted by atomic mass is 35.5. The Morgan fingerprint density at radius 3 is 2.83 bits per heavy atom. The van der Waals surface area contributed by atoms with Gasteiger partial charge >= 0.3 is 6.03 Å². The van der Waals surface area contributed by atoms with Crippen molar-refractivity contribution in [1.82, 2.24) is 20.2 Å². The number of aromatic nitrogens is 2. The molecule has 2 aromatic carbocycles.